The highest BCUT2D eigenvalue weighted by molar-refractivity contribution is 5.88. The molecule has 4 nitrogen and oxygen atoms in total. The van der Waals surface area contributed by atoms with Crippen molar-refractivity contribution in [2.45, 2.75) is 50.5 Å². The SMILES string of the molecule is N#C[C@@H](C(=O)CCc1cccc(OC2CCCC2)c1)c1ccccn1. The lowest BCUT2D eigenvalue weighted by molar-refractivity contribution is -0.119. The van der Waals surface area contributed by atoms with E-state index in [1.54, 1.807) is 24.4 Å². The van der Waals surface area contributed by atoms with Gasteiger partial charge in [-0.15, -0.1) is 0 Å². The number of carbonyl (C=O) groups excluding carboxylic acids is 1. The maximum absolute atomic E-state index is 12.4. The number of aryl methyl sites for hydroxylation is 1. The van der Waals surface area contributed by atoms with Crippen LogP contribution in [0.25, 0.3) is 0 Å². The lowest BCUT2D eigenvalue weighted by atomic mass is 9.96. The Morgan fingerprint density at radius 1 is 1.24 bits per heavy atom. The van der Waals surface area contributed by atoms with Gasteiger partial charge in [0.1, 0.15) is 11.7 Å². The quantitative estimate of drug-likeness (QED) is 0.761. The summed E-state index contributed by atoms with van der Waals surface area (Å²) in [5, 5.41) is 9.32. The van der Waals surface area contributed by atoms with Crippen molar-refractivity contribution in [3.8, 4) is 11.8 Å². The van der Waals surface area contributed by atoms with Gasteiger partial charge in [-0.25, -0.2) is 0 Å². The normalized spacial score (nSPS) is 15.5. The minimum Gasteiger partial charge on any atom is -0.490 e. The third-order valence-electron chi connectivity index (χ3n) is 4.60. The molecule has 0 saturated heterocycles. The van der Waals surface area contributed by atoms with Crippen LogP contribution in [0, 0.1) is 11.3 Å². The van der Waals surface area contributed by atoms with Gasteiger partial charge in [0.2, 0.25) is 0 Å². The van der Waals surface area contributed by atoms with Gasteiger partial charge in [0, 0.05) is 12.6 Å². The molecule has 0 unspecified atom stereocenters. The van der Waals surface area contributed by atoms with Crippen molar-refractivity contribution in [2.75, 3.05) is 0 Å². The van der Waals surface area contributed by atoms with Crippen LogP contribution in [0.5, 0.6) is 5.75 Å². The van der Waals surface area contributed by atoms with Crippen LogP contribution in [0.2, 0.25) is 0 Å². The van der Waals surface area contributed by atoms with Crippen LogP contribution in [0.1, 0.15) is 49.3 Å². The Bertz CT molecular complexity index is 746. The summed E-state index contributed by atoms with van der Waals surface area (Å²) < 4.78 is 6.01. The Hall–Kier alpha value is -2.67. The number of rotatable bonds is 7. The highest BCUT2D eigenvalue weighted by atomic mass is 16.5. The molecule has 1 aromatic heterocycles. The summed E-state index contributed by atoms with van der Waals surface area (Å²) >= 11 is 0. The molecule has 1 atom stereocenters. The molecule has 4 heteroatoms. The van der Waals surface area contributed by atoms with Crippen LogP contribution >= 0.6 is 0 Å². The molecule has 128 valence electrons. The molecular formula is C21H22N2O2. The van der Waals surface area contributed by atoms with Gasteiger partial charge < -0.3 is 4.74 Å². The summed E-state index contributed by atoms with van der Waals surface area (Å²) in [4.78, 5) is 16.6. The molecule has 1 aromatic carbocycles. The molecule has 3 rings (SSSR count). The molecule has 1 aliphatic rings. The molecule has 0 amide bonds. The lowest BCUT2D eigenvalue weighted by Gasteiger charge is -2.14. The Morgan fingerprint density at radius 3 is 2.80 bits per heavy atom. The summed E-state index contributed by atoms with van der Waals surface area (Å²) in [6.45, 7) is 0. The molecule has 2 aromatic rings. The Balaban J connectivity index is 1.59. The summed E-state index contributed by atoms with van der Waals surface area (Å²) in [5.74, 6) is -0.0131. The maximum atomic E-state index is 12.4. The van der Waals surface area contributed by atoms with Crippen molar-refractivity contribution in [2.24, 2.45) is 0 Å². The van der Waals surface area contributed by atoms with Crippen molar-refractivity contribution < 1.29 is 9.53 Å². The minimum absolute atomic E-state index is 0.0942. The lowest BCUT2D eigenvalue weighted by Crippen LogP contribution is -2.13. The van der Waals surface area contributed by atoms with E-state index in [-0.39, 0.29) is 5.78 Å². The molecular weight excluding hydrogens is 312 g/mol. The van der Waals surface area contributed by atoms with E-state index < -0.39 is 5.92 Å². The largest absolute Gasteiger partial charge is 0.490 e. The topological polar surface area (TPSA) is 63.0 Å². The molecule has 25 heavy (non-hydrogen) atoms. The van der Waals surface area contributed by atoms with Gasteiger partial charge in [0.15, 0.2) is 5.78 Å². The maximum Gasteiger partial charge on any atom is 0.156 e. The molecule has 0 aliphatic heterocycles. The number of aromatic nitrogens is 1. The van der Waals surface area contributed by atoms with E-state index in [9.17, 15) is 10.1 Å². The first-order valence-corrected chi connectivity index (χ1v) is 8.85. The second-order valence-electron chi connectivity index (χ2n) is 6.45. The fourth-order valence-corrected chi connectivity index (χ4v) is 3.23. The number of ether oxygens (including phenoxy) is 1. The van der Waals surface area contributed by atoms with Gasteiger partial charge in [0.25, 0.3) is 0 Å². The average molecular weight is 334 g/mol. The number of hydrogen-bond donors (Lipinski definition) is 0. The van der Waals surface area contributed by atoms with Crippen LogP contribution < -0.4 is 4.74 Å². The molecule has 1 heterocycles. The summed E-state index contributed by atoms with van der Waals surface area (Å²) in [6, 6.07) is 15.3. The molecule has 0 spiro atoms. The third kappa shape index (κ3) is 4.67. The van der Waals surface area contributed by atoms with Crippen molar-refractivity contribution in [1.82, 2.24) is 4.98 Å². The number of carbonyl (C=O) groups is 1. The zero-order chi connectivity index (χ0) is 17.5. The van der Waals surface area contributed by atoms with E-state index in [1.807, 2.05) is 24.3 Å². The molecule has 0 bridgehead atoms. The first-order chi connectivity index (χ1) is 12.3. The Morgan fingerprint density at radius 2 is 2.08 bits per heavy atom. The zero-order valence-corrected chi connectivity index (χ0v) is 14.2. The standard InChI is InChI=1S/C21H22N2O2/c22-15-19(20-10-3-4-13-23-20)21(24)12-11-16-6-5-9-18(14-16)25-17-7-1-2-8-17/h3-6,9-10,13-14,17,19H,1-2,7-8,11-12H2/t19-/m1/s1. The first kappa shape index (κ1) is 17.2. The first-order valence-electron chi connectivity index (χ1n) is 8.85. The molecule has 0 N–H and O–H groups in total. The van der Waals surface area contributed by atoms with Crippen LogP contribution in [0.3, 0.4) is 0 Å². The molecule has 1 saturated carbocycles. The number of ketones is 1. The highest BCUT2D eigenvalue weighted by Crippen LogP contribution is 2.25. The molecule has 1 aliphatic carbocycles. The van der Waals surface area contributed by atoms with Gasteiger partial charge >= 0.3 is 0 Å². The summed E-state index contributed by atoms with van der Waals surface area (Å²) in [7, 11) is 0. The minimum atomic E-state index is -0.792. The van der Waals surface area contributed by atoms with Crippen LogP contribution in [-0.4, -0.2) is 16.9 Å². The fraction of sp³-hybridized carbons (Fsp3) is 0.381. The third-order valence-corrected chi connectivity index (χ3v) is 4.60. The zero-order valence-electron chi connectivity index (χ0n) is 14.2. The Kier molecular flexibility index (Phi) is 5.79. The van der Waals surface area contributed by atoms with Crippen LogP contribution in [-0.2, 0) is 11.2 Å². The number of benzene rings is 1. The van der Waals surface area contributed by atoms with Gasteiger partial charge in [-0.05, 0) is 61.9 Å². The van der Waals surface area contributed by atoms with E-state index in [2.05, 4.69) is 11.1 Å². The van der Waals surface area contributed by atoms with Crippen LogP contribution in [0.4, 0.5) is 0 Å². The van der Waals surface area contributed by atoms with Gasteiger partial charge in [-0.1, -0.05) is 18.2 Å². The number of hydrogen-bond acceptors (Lipinski definition) is 4. The Labute approximate surface area is 148 Å². The van der Waals surface area contributed by atoms with E-state index in [4.69, 9.17) is 4.74 Å². The van der Waals surface area contributed by atoms with E-state index in [0.717, 1.165) is 24.2 Å². The predicted octanol–water partition coefficient (Wildman–Crippen LogP) is 4.21. The predicted molar refractivity (Wildman–Crippen MR) is 95.2 cm³/mol. The fourth-order valence-electron chi connectivity index (χ4n) is 3.23. The van der Waals surface area contributed by atoms with Crippen molar-refractivity contribution in [1.29, 1.82) is 5.26 Å². The summed E-state index contributed by atoms with van der Waals surface area (Å²) in [5.41, 5.74) is 1.58. The van der Waals surface area contributed by atoms with Crippen molar-refractivity contribution in [3.05, 3.63) is 59.9 Å². The monoisotopic (exact) mass is 334 g/mol. The highest BCUT2D eigenvalue weighted by Gasteiger charge is 2.21. The smallest absolute Gasteiger partial charge is 0.156 e. The van der Waals surface area contributed by atoms with Gasteiger partial charge in [-0.2, -0.15) is 5.26 Å². The van der Waals surface area contributed by atoms with Gasteiger partial charge in [-0.3, -0.25) is 9.78 Å². The molecule has 1 fully saturated rings. The van der Waals surface area contributed by atoms with E-state index >= 15 is 0 Å². The van der Waals surface area contributed by atoms with Crippen molar-refractivity contribution in [3.63, 3.8) is 0 Å². The van der Waals surface area contributed by atoms with E-state index in [1.165, 1.54) is 12.8 Å². The molecule has 0 radical (unpaired) electrons. The summed E-state index contributed by atoms with van der Waals surface area (Å²) in [6.07, 6.45) is 7.57. The van der Waals surface area contributed by atoms with Crippen molar-refractivity contribution >= 4 is 5.78 Å². The number of nitriles is 1. The average Bonchev–Trinajstić information content (AvgIpc) is 3.15. The number of Topliss-reactive ketones (excluding diaryl/α,β-unsaturated/α-hetero) is 1. The van der Waals surface area contributed by atoms with Crippen LogP contribution in [0.15, 0.2) is 48.7 Å². The number of pyridine rings is 1. The second-order valence-corrected chi connectivity index (χ2v) is 6.45. The second kappa shape index (κ2) is 8.43. The number of nitrogens with zero attached hydrogens (tertiary/aromatic N) is 2. The van der Waals surface area contributed by atoms with Gasteiger partial charge in [0.05, 0.1) is 17.9 Å². The van der Waals surface area contributed by atoms with E-state index in [0.29, 0.717) is 24.6 Å².